The van der Waals surface area contributed by atoms with E-state index in [4.69, 9.17) is 37.4 Å². The number of hydrogen-bond acceptors (Lipinski definition) is 6. The molecule has 0 spiro atoms. The van der Waals surface area contributed by atoms with Crippen LogP contribution in [0.25, 0.3) is 0 Å². The topological polar surface area (TPSA) is 86.2 Å². The number of nitrogens with one attached hydrogen (secondary N) is 1. The van der Waals surface area contributed by atoms with Gasteiger partial charge in [0.05, 0.1) is 18.9 Å². The van der Waals surface area contributed by atoms with Gasteiger partial charge >= 0.3 is 5.97 Å². The van der Waals surface area contributed by atoms with E-state index in [1.54, 1.807) is 98.1 Å². The third-order valence-electron chi connectivity index (χ3n) is 5.30. The molecule has 0 bridgehead atoms. The molecule has 0 saturated carbocycles. The van der Waals surface area contributed by atoms with Crippen LogP contribution in [0, 0.1) is 0 Å². The summed E-state index contributed by atoms with van der Waals surface area (Å²) >= 11 is 12.1. The lowest BCUT2D eigenvalue weighted by molar-refractivity contribution is 0.0734. The molecule has 0 unspecified atom stereocenters. The number of amides is 1. The van der Waals surface area contributed by atoms with Crippen LogP contribution in [-0.4, -0.2) is 25.2 Å². The second kappa shape index (κ2) is 12.8. The molecule has 0 aliphatic heterocycles. The summed E-state index contributed by atoms with van der Waals surface area (Å²) in [4.78, 5) is 24.8. The number of hydrogen-bond donors (Lipinski definition) is 1. The fourth-order valence-corrected chi connectivity index (χ4v) is 3.75. The number of esters is 1. The average molecular weight is 549 g/mol. The Balaban J connectivity index is 1.29. The van der Waals surface area contributed by atoms with Gasteiger partial charge in [-0.1, -0.05) is 41.4 Å². The molecular weight excluding hydrogens is 527 g/mol. The SMILES string of the molecule is COc1ccc(C(=O)Oc2cccc(/C=N/NC(=O)c3ccc(OCc4ccc(Cl)cc4Cl)cc3)c2)cc1. The molecule has 0 atom stereocenters. The summed E-state index contributed by atoms with van der Waals surface area (Å²) < 4.78 is 16.3. The van der Waals surface area contributed by atoms with Crippen LogP contribution in [0.3, 0.4) is 0 Å². The Morgan fingerprint density at radius 1 is 0.842 bits per heavy atom. The summed E-state index contributed by atoms with van der Waals surface area (Å²) in [7, 11) is 1.55. The van der Waals surface area contributed by atoms with E-state index in [1.165, 1.54) is 6.21 Å². The van der Waals surface area contributed by atoms with Gasteiger partial charge in [0.1, 0.15) is 23.9 Å². The second-order valence-electron chi connectivity index (χ2n) is 7.94. The molecule has 0 aliphatic carbocycles. The molecule has 0 aromatic heterocycles. The van der Waals surface area contributed by atoms with Crippen molar-refractivity contribution in [1.82, 2.24) is 5.43 Å². The van der Waals surface area contributed by atoms with Gasteiger partial charge < -0.3 is 14.2 Å². The van der Waals surface area contributed by atoms with Gasteiger partial charge in [-0.15, -0.1) is 0 Å². The maximum atomic E-state index is 12.4. The molecular formula is C29H22Cl2N2O5. The smallest absolute Gasteiger partial charge is 0.343 e. The number of rotatable bonds is 9. The predicted molar refractivity (Wildman–Crippen MR) is 147 cm³/mol. The largest absolute Gasteiger partial charge is 0.497 e. The maximum Gasteiger partial charge on any atom is 0.343 e. The van der Waals surface area contributed by atoms with Gasteiger partial charge in [-0.3, -0.25) is 4.79 Å². The van der Waals surface area contributed by atoms with Gasteiger partial charge in [-0.2, -0.15) is 5.10 Å². The summed E-state index contributed by atoms with van der Waals surface area (Å²) in [6.07, 6.45) is 1.45. The van der Waals surface area contributed by atoms with Crippen LogP contribution < -0.4 is 19.6 Å². The summed E-state index contributed by atoms with van der Waals surface area (Å²) in [5.41, 5.74) is 4.70. The Bertz CT molecular complexity index is 1460. The molecule has 4 aromatic rings. The zero-order chi connectivity index (χ0) is 26.9. The van der Waals surface area contributed by atoms with E-state index in [-0.39, 0.29) is 6.61 Å². The minimum absolute atomic E-state index is 0.264. The molecule has 4 rings (SSSR count). The van der Waals surface area contributed by atoms with Crippen LogP contribution in [0.4, 0.5) is 0 Å². The summed E-state index contributed by atoms with van der Waals surface area (Å²) in [5, 5.41) is 5.07. The first-order valence-electron chi connectivity index (χ1n) is 11.4. The molecule has 0 fully saturated rings. The van der Waals surface area contributed by atoms with Crippen LogP contribution in [0.1, 0.15) is 31.8 Å². The van der Waals surface area contributed by atoms with Crippen molar-refractivity contribution in [3.63, 3.8) is 0 Å². The van der Waals surface area contributed by atoms with Crippen LogP contribution in [-0.2, 0) is 6.61 Å². The highest BCUT2D eigenvalue weighted by molar-refractivity contribution is 6.35. The number of nitrogens with zero attached hydrogens (tertiary/aromatic N) is 1. The maximum absolute atomic E-state index is 12.4. The second-order valence-corrected chi connectivity index (χ2v) is 8.78. The lowest BCUT2D eigenvalue weighted by Crippen LogP contribution is -2.17. The molecule has 38 heavy (non-hydrogen) atoms. The number of halogens is 2. The summed E-state index contributed by atoms with van der Waals surface area (Å²) in [6, 6.07) is 25.2. The Kier molecular flexibility index (Phi) is 8.98. The number of benzene rings is 4. The van der Waals surface area contributed by atoms with Crippen molar-refractivity contribution in [1.29, 1.82) is 0 Å². The average Bonchev–Trinajstić information content (AvgIpc) is 2.93. The number of carbonyl (C=O) groups excluding carboxylic acids is 2. The van der Waals surface area contributed by atoms with Crippen molar-refractivity contribution < 1.29 is 23.8 Å². The molecule has 0 aliphatic rings. The highest BCUT2D eigenvalue weighted by Crippen LogP contribution is 2.23. The fourth-order valence-electron chi connectivity index (χ4n) is 3.28. The van der Waals surface area contributed by atoms with Crippen LogP contribution in [0.5, 0.6) is 17.2 Å². The normalized spacial score (nSPS) is 10.7. The highest BCUT2D eigenvalue weighted by atomic mass is 35.5. The monoisotopic (exact) mass is 548 g/mol. The summed E-state index contributed by atoms with van der Waals surface area (Å²) in [5.74, 6) is 0.675. The van der Waals surface area contributed by atoms with Crippen molar-refractivity contribution in [2.75, 3.05) is 7.11 Å². The van der Waals surface area contributed by atoms with E-state index in [0.717, 1.165) is 5.56 Å². The zero-order valence-corrected chi connectivity index (χ0v) is 21.7. The summed E-state index contributed by atoms with van der Waals surface area (Å²) in [6.45, 7) is 0.264. The lowest BCUT2D eigenvalue weighted by Gasteiger charge is -2.08. The van der Waals surface area contributed by atoms with Crippen molar-refractivity contribution >= 4 is 41.3 Å². The molecule has 0 heterocycles. The van der Waals surface area contributed by atoms with Gasteiger partial charge in [0, 0.05) is 21.2 Å². The third-order valence-corrected chi connectivity index (χ3v) is 5.89. The number of ether oxygens (including phenoxy) is 3. The fraction of sp³-hybridized carbons (Fsp3) is 0.0690. The van der Waals surface area contributed by atoms with Crippen molar-refractivity contribution in [3.05, 3.63) is 123 Å². The quantitative estimate of drug-likeness (QED) is 0.111. The van der Waals surface area contributed by atoms with E-state index in [0.29, 0.717) is 44.0 Å². The molecule has 0 saturated heterocycles. The first-order chi connectivity index (χ1) is 18.4. The first kappa shape index (κ1) is 26.7. The number of methoxy groups -OCH3 is 1. The molecule has 4 aromatic carbocycles. The molecule has 1 N–H and O–H groups in total. The van der Waals surface area contributed by atoms with Crippen molar-refractivity contribution in [2.45, 2.75) is 6.61 Å². The van der Waals surface area contributed by atoms with E-state index < -0.39 is 11.9 Å². The molecule has 0 radical (unpaired) electrons. The van der Waals surface area contributed by atoms with Crippen LogP contribution >= 0.6 is 23.2 Å². The van der Waals surface area contributed by atoms with Gasteiger partial charge in [0.2, 0.25) is 0 Å². The first-order valence-corrected chi connectivity index (χ1v) is 12.1. The third kappa shape index (κ3) is 7.35. The van der Waals surface area contributed by atoms with E-state index in [9.17, 15) is 9.59 Å². The number of hydrazone groups is 1. The van der Waals surface area contributed by atoms with Crippen LogP contribution in [0.15, 0.2) is 96.1 Å². The van der Waals surface area contributed by atoms with E-state index >= 15 is 0 Å². The molecule has 7 nitrogen and oxygen atoms in total. The van der Waals surface area contributed by atoms with Crippen molar-refractivity contribution in [2.24, 2.45) is 5.10 Å². The van der Waals surface area contributed by atoms with E-state index in [2.05, 4.69) is 10.5 Å². The molecule has 192 valence electrons. The predicted octanol–water partition coefficient (Wildman–Crippen LogP) is 6.56. The Labute approximate surface area is 229 Å². The Morgan fingerprint density at radius 2 is 1.55 bits per heavy atom. The Hall–Kier alpha value is -4.33. The van der Waals surface area contributed by atoms with Gasteiger partial charge in [-0.05, 0) is 78.4 Å². The molecule has 1 amide bonds. The highest BCUT2D eigenvalue weighted by Gasteiger charge is 2.09. The van der Waals surface area contributed by atoms with Crippen LogP contribution in [0.2, 0.25) is 10.0 Å². The number of carbonyl (C=O) groups is 2. The van der Waals surface area contributed by atoms with Gasteiger partial charge in [0.15, 0.2) is 0 Å². The minimum atomic E-state index is -0.501. The van der Waals surface area contributed by atoms with E-state index in [1.807, 2.05) is 0 Å². The standard InChI is InChI=1S/C29H22Cl2N2O5/c1-36-24-11-8-21(9-12-24)29(35)38-26-4-2-3-19(15-26)17-32-33-28(34)20-6-13-25(14-7-20)37-18-22-5-10-23(30)16-27(22)31/h2-17H,18H2,1H3,(H,33,34)/b32-17+. The molecule has 9 heteroatoms. The minimum Gasteiger partial charge on any atom is -0.497 e. The van der Waals surface area contributed by atoms with Crippen molar-refractivity contribution in [3.8, 4) is 17.2 Å². The Morgan fingerprint density at radius 3 is 2.26 bits per heavy atom. The van der Waals surface area contributed by atoms with Gasteiger partial charge in [-0.25, -0.2) is 10.2 Å². The van der Waals surface area contributed by atoms with Gasteiger partial charge in [0.25, 0.3) is 5.91 Å². The zero-order valence-electron chi connectivity index (χ0n) is 20.2. The lowest BCUT2D eigenvalue weighted by atomic mass is 10.2.